The number of carbonyl (C=O) groups excluding carboxylic acids is 5. The van der Waals surface area contributed by atoms with Crippen molar-refractivity contribution < 1.29 is 28.7 Å². The molecule has 10 nitrogen and oxygen atoms in total. The molecule has 1 atom stereocenters. The minimum Gasteiger partial charge on any atom is -0.455 e. The monoisotopic (exact) mass is 526 g/mol. The van der Waals surface area contributed by atoms with Gasteiger partial charge in [-0.15, -0.1) is 0 Å². The zero-order valence-corrected chi connectivity index (χ0v) is 19.5. The highest BCUT2D eigenvalue weighted by atomic mass is 35.5. The molecule has 0 bridgehead atoms. The van der Waals surface area contributed by atoms with E-state index in [1.54, 1.807) is 12.1 Å². The van der Waals surface area contributed by atoms with Crippen LogP contribution in [0.3, 0.4) is 0 Å². The maximum absolute atomic E-state index is 12.4. The maximum atomic E-state index is 12.4. The van der Waals surface area contributed by atoms with Crippen molar-refractivity contribution in [1.82, 2.24) is 21.3 Å². The average molecular weight is 528 g/mol. The number of carbonyl (C=O) groups is 5. The lowest BCUT2D eigenvalue weighted by atomic mass is 10.1. The van der Waals surface area contributed by atoms with Gasteiger partial charge in [-0.05, 0) is 30.3 Å². The van der Waals surface area contributed by atoms with E-state index in [2.05, 4.69) is 16.3 Å². The highest BCUT2D eigenvalue weighted by Gasteiger charge is 2.37. The van der Waals surface area contributed by atoms with Crippen molar-refractivity contribution in [3.05, 3.63) is 68.7 Å². The molecule has 178 valence electrons. The number of ether oxygens (including phenoxy) is 1. The number of hydrazine groups is 2. The van der Waals surface area contributed by atoms with Crippen molar-refractivity contribution in [2.24, 2.45) is 5.92 Å². The predicted molar refractivity (Wildman–Crippen MR) is 122 cm³/mol. The Balaban J connectivity index is 1.45. The van der Waals surface area contributed by atoms with E-state index in [4.69, 9.17) is 39.5 Å². The summed E-state index contributed by atoms with van der Waals surface area (Å²) in [6, 6.07) is 10.5. The number of nitrogens with one attached hydrogen (secondary N) is 3. The second-order valence-electron chi connectivity index (χ2n) is 7.06. The lowest BCUT2D eigenvalue weighted by molar-refractivity contribution is -0.152. The molecule has 3 rings (SSSR count). The fraction of sp³-hybridized carbons (Fsp3) is 0.190. The van der Waals surface area contributed by atoms with Gasteiger partial charge in [0.1, 0.15) is 0 Å². The maximum Gasteiger partial charge on any atom is 0.311 e. The molecule has 0 aliphatic carbocycles. The lowest BCUT2D eigenvalue weighted by Crippen LogP contribution is -2.44. The fourth-order valence-electron chi connectivity index (χ4n) is 2.96. The summed E-state index contributed by atoms with van der Waals surface area (Å²) in [6.45, 7) is -0.849. The van der Waals surface area contributed by atoms with Crippen LogP contribution >= 0.6 is 34.8 Å². The van der Waals surface area contributed by atoms with Crippen LogP contribution in [0.2, 0.25) is 15.1 Å². The van der Waals surface area contributed by atoms with E-state index in [0.29, 0.717) is 5.02 Å². The van der Waals surface area contributed by atoms with Crippen LogP contribution in [0.4, 0.5) is 0 Å². The van der Waals surface area contributed by atoms with Gasteiger partial charge < -0.3 is 4.74 Å². The molecule has 4 amide bonds. The zero-order valence-electron chi connectivity index (χ0n) is 17.3. The number of benzene rings is 2. The predicted octanol–water partition coefficient (Wildman–Crippen LogP) is 2.14. The molecule has 1 aliphatic heterocycles. The first-order valence-electron chi connectivity index (χ1n) is 9.72. The summed E-state index contributed by atoms with van der Waals surface area (Å²) in [5.41, 5.74) is 6.87. The van der Waals surface area contributed by atoms with Crippen LogP contribution in [0.5, 0.6) is 0 Å². The largest absolute Gasteiger partial charge is 0.455 e. The zero-order chi connectivity index (χ0) is 24.8. The van der Waals surface area contributed by atoms with Crippen molar-refractivity contribution in [2.45, 2.75) is 6.42 Å². The molecule has 0 radical (unpaired) electrons. The van der Waals surface area contributed by atoms with E-state index in [9.17, 15) is 24.0 Å². The van der Waals surface area contributed by atoms with Crippen LogP contribution in [-0.2, 0) is 19.1 Å². The van der Waals surface area contributed by atoms with E-state index in [-0.39, 0.29) is 34.1 Å². The van der Waals surface area contributed by atoms with Crippen LogP contribution < -0.4 is 16.3 Å². The number of esters is 1. The number of amides is 4. The van der Waals surface area contributed by atoms with Gasteiger partial charge in [0.05, 0.1) is 33.6 Å². The molecule has 3 N–H and O–H groups in total. The van der Waals surface area contributed by atoms with Crippen LogP contribution in [0.25, 0.3) is 0 Å². The number of hydrogen-bond donors (Lipinski definition) is 3. The van der Waals surface area contributed by atoms with E-state index in [1.165, 1.54) is 30.3 Å². The van der Waals surface area contributed by atoms with Gasteiger partial charge in [-0.25, -0.2) is 0 Å². The summed E-state index contributed by atoms with van der Waals surface area (Å²) < 4.78 is 4.91. The third-order valence-corrected chi connectivity index (χ3v) is 5.53. The van der Waals surface area contributed by atoms with Crippen molar-refractivity contribution in [1.29, 1.82) is 0 Å². The fourth-order valence-corrected chi connectivity index (χ4v) is 3.68. The Hall–Kier alpha value is -3.34. The third kappa shape index (κ3) is 6.37. The van der Waals surface area contributed by atoms with Gasteiger partial charge in [-0.3, -0.25) is 45.3 Å². The molecule has 2 aromatic carbocycles. The van der Waals surface area contributed by atoms with Gasteiger partial charge in [0.2, 0.25) is 5.91 Å². The molecule has 2 aromatic rings. The van der Waals surface area contributed by atoms with Crippen LogP contribution in [-0.4, -0.2) is 47.8 Å². The van der Waals surface area contributed by atoms with Gasteiger partial charge in [0.15, 0.2) is 6.61 Å². The van der Waals surface area contributed by atoms with Gasteiger partial charge in [0, 0.05) is 11.4 Å². The summed E-state index contributed by atoms with van der Waals surface area (Å²) >= 11 is 17.7. The summed E-state index contributed by atoms with van der Waals surface area (Å²) in [6.07, 6.45) is -0.224. The Morgan fingerprint density at radius 2 is 1.65 bits per heavy atom. The number of halogens is 3. The first-order valence-corrected chi connectivity index (χ1v) is 10.9. The molecule has 1 heterocycles. The molecular weight excluding hydrogens is 511 g/mol. The Morgan fingerprint density at radius 3 is 2.35 bits per heavy atom. The average Bonchev–Trinajstić information content (AvgIpc) is 3.16. The smallest absolute Gasteiger partial charge is 0.311 e. The Labute approximate surface area is 208 Å². The molecule has 13 heteroatoms. The molecule has 0 aromatic heterocycles. The van der Waals surface area contributed by atoms with E-state index in [1.807, 2.05) is 0 Å². The second-order valence-corrected chi connectivity index (χ2v) is 8.31. The Morgan fingerprint density at radius 1 is 0.941 bits per heavy atom. The van der Waals surface area contributed by atoms with Gasteiger partial charge >= 0.3 is 5.97 Å². The number of hydrogen-bond acceptors (Lipinski definition) is 6. The Bertz CT molecular complexity index is 1160. The number of nitrogens with zero attached hydrogens (tertiary/aromatic N) is 1. The number of rotatable bonds is 6. The Kier molecular flexibility index (Phi) is 8.32. The minimum absolute atomic E-state index is 0.0974. The van der Waals surface area contributed by atoms with E-state index >= 15 is 0 Å². The van der Waals surface area contributed by atoms with Gasteiger partial charge in [-0.1, -0.05) is 46.9 Å². The minimum atomic E-state index is -0.904. The highest BCUT2D eigenvalue weighted by molar-refractivity contribution is 6.36. The molecule has 0 saturated carbocycles. The molecule has 1 fully saturated rings. The van der Waals surface area contributed by atoms with Crippen molar-refractivity contribution in [2.75, 3.05) is 13.2 Å². The SMILES string of the molecule is O=C(COC(=O)[C@@H]1CC(=O)N(NC(=O)c2ccc(Cl)cc2Cl)C1)NNC(=O)c1ccccc1Cl. The van der Waals surface area contributed by atoms with Gasteiger partial charge in [0.25, 0.3) is 17.7 Å². The molecule has 34 heavy (non-hydrogen) atoms. The lowest BCUT2D eigenvalue weighted by Gasteiger charge is -2.18. The van der Waals surface area contributed by atoms with Crippen LogP contribution in [0, 0.1) is 5.92 Å². The molecular formula is C21H17Cl3N4O6. The molecule has 0 spiro atoms. The topological polar surface area (TPSA) is 134 Å². The normalized spacial score (nSPS) is 15.0. The highest BCUT2D eigenvalue weighted by Crippen LogP contribution is 2.22. The standard InChI is InChI=1S/C21H17Cl3N4O6/c22-12-5-6-14(16(24)8-12)20(32)27-28-9-11(7-18(28)30)21(33)34-10-17(29)25-26-19(31)13-3-1-2-4-15(13)23/h1-6,8,11H,7,9-10H2,(H,25,29)(H,26,31)(H,27,32)/t11-/m1/s1. The molecule has 0 unspecified atom stereocenters. The van der Waals surface area contributed by atoms with Crippen molar-refractivity contribution in [3.8, 4) is 0 Å². The van der Waals surface area contributed by atoms with Crippen molar-refractivity contribution >= 4 is 64.4 Å². The molecule has 1 saturated heterocycles. The summed E-state index contributed by atoms with van der Waals surface area (Å²) in [5, 5.41) is 1.61. The van der Waals surface area contributed by atoms with Crippen LogP contribution in [0.1, 0.15) is 27.1 Å². The summed E-state index contributed by atoms with van der Waals surface area (Å²) in [5.74, 6) is -4.35. The van der Waals surface area contributed by atoms with Crippen molar-refractivity contribution in [3.63, 3.8) is 0 Å². The van der Waals surface area contributed by atoms with E-state index < -0.39 is 42.1 Å². The third-order valence-electron chi connectivity index (χ3n) is 4.65. The summed E-state index contributed by atoms with van der Waals surface area (Å²) in [7, 11) is 0. The first-order chi connectivity index (χ1) is 16.2. The molecule has 1 aliphatic rings. The van der Waals surface area contributed by atoms with Gasteiger partial charge in [-0.2, -0.15) is 0 Å². The second kappa shape index (κ2) is 11.2. The van der Waals surface area contributed by atoms with Crippen LogP contribution in [0.15, 0.2) is 42.5 Å². The quantitative estimate of drug-likeness (QED) is 0.389. The first kappa shape index (κ1) is 25.3. The van der Waals surface area contributed by atoms with E-state index in [0.717, 1.165) is 5.01 Å². The summed E-state index contributed by atoms with van der Waals surface area (Å²) in [4.78, 5) is 60.7.